The third-order valence-electron chi connectivity index (χ3n) is 6.35. The maximum absolute atomic E-state index is 12.4. The van der Waals surface area contributed by atoms with Crippen molar-refractivity contribution in [2.24, 2.45) is 0 Å². The number of carbonyl (C=O) groups is 2. The molecule has 4 rings (SSSR count). The zero-order valence-corrected chi connectivity index (χ0v) is 23.0. The van der Waals surface area contributed by atoms with Gasteiger partial charge in [-0.3, -0.25) is 9.59 Å². The molecule has 3 aromatic carbocycles. The first-order valence-electron chi connectivity index (χ1n) is 13.0. The molecule has 0 aliphatic rings. The molecule has 0 saturated carbocycles. The van der Waals surface area contributed by atoms with E-state index in [0.717, 1.165) is 52.7 Å². The number of carbonyl (C=O) groups excluding carboxylic acids is 1. The molecule has 1 aromatic heterocycles. The maximum atomic E-state index is 12.4. The van der Waals surface area contributed by atoms with E-state index in [9.17, 15) is 9.59 Å². The molecule has 4 aromatic rings. The minimum atomic E-state index is -0.944. The molecule has 0 aliphatic heterocycles. The van der Waals surface area contributed by atoms with Gasteiger partial charge in [-0.2, -0.15) is 0 Å². The third-order valence-corrected chi connectivity index (χ3v) is 7.22. The van der Waals surface area contributed by atoms with Gasteiger partial charge in [0.15, 0.2) is 5.13 Å². The minimum Gasteiger partial charge on any atom is -0.496 e. The van der Waals surface area contributed by atoms with E-state index in [2.05, 4.69) is 41.4 Å². The topological polar surface area (TPSA) is 91.8 Å². The number of rotatable bonds is 13. The monoisotopic (exact) mass is 543 g/mol. The predicted octanol–water partition coefficient (Wildman–Crippen LogP) is 6.70. The van der Waals surface area contributed by atoms with Gasteiger partial charge in [-0.1, -0.05) is 49.7 Å². The van der Waals surface area contributed by atoms with E-state index in [-0.39, 0.29) is 18.9 Å². The van der Waals surface area contributed by atoms with Crippen molar-refractivity contribution < 1.29 is 19.4 Å². The molecule has 0 aliphatic carbocycles. The fourth-order valence-electron chi connectivity index (χ4n) is 4.19. The number of aliphatic carboxylic acids is 1. The van der Waals surface area contributed by atoms with Crippen LogP contribution in [0.4, 0.5) is 10.8 Å². The molecule has 2 N–H and O–H groups in total. The summed E-state index contributed by atoms with van der Waals surface area (Å²) in [5.74, 6) is -0.456. The molecule has 0 bridgehead atoms. The Kier molecular flexibility index (Phi) is 9.69. The summed E-state index contributed by atoms with van der Waals surface area (Å²) in [6.07, 6.45) is 3.27. The quantitative estimate of drug-likeness (QED) is 0.195. The molecule has 1 amide bonds. The number of aromatic nitrogens is 1. The lowest BCUT2D eigenvalue weighted by atomic mass is 10.1. The highest BCUT2D eigenvalue weighted by Gasteiger charge is 2.17. The number of amides is 1. The average Bonchev–Trinajstić information content (AvgIpc) is 3.45. The number of para-hydroxylation sites is 1. The number of aryl methyl sites for hydroxylation is 1. The first-order valence-corrected chi connectivity index (χ1v) is 13.9. The zero-order valence-electron chi connectivity index (χ0n) is 22.2. The second kappa shape index (κ2) is 13.6. The molecule has 7 nitrogen and oxygen atoms in total. The highest BCUT2D eigenvalue weighted by molar-refractivity contribution is 7.14. The van der Waals surface area contributed by atoms with Crippen LogP contribution in [-0.2, 0) is 17.8 Å². The van der Waals surface area contributed by atoms with Crippen LogP contribution in [0.15, 0.2) is 78.2 Å². The number of hydrogen-bond donors (Lipinski definition) is 2. The van der Waals surface area contributed by atoms with Crippen LogP contribution in [0.5, 0.6) is 5.75 Å². The van der Waals surface area contributed by atoms with E-state index in [4.69, 9.17) is 14.8 Å². The summed E-state index contributed by atoms with van der Waals surface area (Å²) in [4.78, 5) is 30.2. The van der Waals surface area contributed by atoms with Crippen molar-refractivity contribution in [1.29, 1.82) is 0 Å². The van der Waals surface area contributed by atoms with E-state index in [1.165, 1.54) is 5.56 Å². The minimum absolute atomic E-state index is 0.0938. The predicted molar refractivity (Wildman–Crippen MR) is 156 cm³/mol. The molecule has 1 heterocycles. The summed E-state index contributed by atoms with van der Waals surface area (Å²) < 4.78 is 5.55. The lowest BCUT2D eigenvalue weighted by Crippen LogP contribution is -2.26. The van der Waals surface area contributed by atoms with E-state index >= 15 is 0 Å². The average molecular weight is 544 g/mol. The number of carboxylic acid groups (broad SMARTS) is 1. The van der Waals surface area contributed by atoms with Gasteiger partial charge in [0.1, 0.15) is 5.75 Å². The van der Waals surface area contributed by atoms with E-state index in [1.54, 1.807) is 30.6 Å². The standard InChI is InChI=1S/C31H33N3O4S/c1-3-4-7-22-12-16-25(17-13-22)34(31-33-27(21-39-31)26-8-5-6-9-28(26)38-2)20-23-10-14-24(15-11-23)30(37)32-19-18-29(35)36/h5-6,8-17,21H,3-4,7,18-20H2,1-2H3,(H,32,37)(H,35,36). The summed E-state index contributed by atoms with van der Waals surface area (Å²) >= 11 is 1.57. The van der Waals surface area contributed by atoms with Gasteiger partial charge in [0.05, 0.1) is 25.8 Å². The Hall–Kier alpha value is -4.17. The van der Waals surface area contributed by atoms with E-state index in [1.807, 2.05) is 41.8 Å². The largest absolute Gasteiger partial charge is 0.496 e. The molecular formula is C31H33N3O4S. The number of hydrogen-bond acceptors (Lipinski definition) is 6. The summed E-state index contributed by atoms with van der Waals surface area (Å²) in [6.45, 7) is 2.85. The normalized spacial score (nSPS) is 10.7. The summed E-state index contributed by atoms with van der Waals surface area (Å²) in [6, 6.07) is 23.9. The van der Waals surface area contributed by atoms with Gasteiger partial charge in [0.2, 0.25) is 0 Å². The molecule has 8 heteroatoms. The fraction of sp³-hybridized carbons (Fsp3) is 0.258. The number of methoxy groups -OCH3 is 1. The van der Waals surface area contributed by atoms with Gasteiger partial charge in [0, 0.05) is 28.7 Å². The molecular weight excluding hydrogens is 510 g/mol. The molecule has 0 unspecified atom stereocenters. The Balaban J connectivity index is 1.59. The number of unbranched alkanes of at least 4 members (excludes halogenated alkanes) is 1. The second-order valence-electron chi connectivity index (χ2n) is 9.17. The van der Waals surface area contributed by atoms with Crippen LogP contribution >= 0.6 is 11.3 Å². The van der Waals surface area contributed by atoms with Crippen molar-refractivity contribution in [3.8, 4) is 17.0 Å². The van der Waals surface area contributed by atoms with Crippen molar-refractivity contribution >= 4 is 34.0 Å². The van der Waals surface area contributed by atoms with Gasteiger partial charge in [-0.15, -0.1) is 11.3 Å². The fourth-order valence-corrected chi connectivity index (χ4v) is 5.04. The molecule has 39 heavy (non-hydrogen) atoms. The first-order chi connectivity index (χ1) is 19.0. The lowest BCUT2D eigenvalue weighted by Gasteiger charge is -2.23. The second-order valence-corrected chi connectivity index (χ2v) is 10.0. The number of nitrogens with one attached hydrogen (secondary N) is 1. The van der Waals surface area contributed by atoms with E-state index in [0.29, 0.717) is 12.1 Å². The van der Waals surface area contributed by atoms with Gasteiger partial charge in [-0.25, -0.2) is 4.98 Å². The maximum Gasteiger partial charge on any atom is 0.305 e. The van der Waals surface area contributed by atoms with Crippen LogP contribution in [0, 0.1) is 0 Å². The van der Waals surface area contributed by atoms with Crippen molar-refractivity contribution in [3.05, 3.63) is 94.9 Å². The van der Waals surface area contributed by atoms with Gasteiger partial charge >= 0.3 is 5.97 Å². The summed E-state index contributed by atoms with van der Waals surface area (Å²) in [5.41, 5.74) is 5.64. The van der Waals surface area contributed by atoms with Crippen molar-refractivity contribution in [3.63, 3.8) is 0 Å². The Morgan fingerprint density at radius 3 is 2.41 bits per heavy atom. The number of ether oxygens (including phenoxy) is 1. The van der Waals surface area contributed by atoms with Gasteiger partial charge in [-0.05, 0) is 60.4 Å². The highest BCUT2D eigenvalue weighted by atomic mass is 32.1. The van der Waals surface area contributed by atoms with Crippen molar-refractivity contribution in [2.45, 2.75) is 39.2 Å². The van der Waals surface area contributed by atoms with Crippen LogP contribution in [-0.4, -0.2) is 35.6 Å². The molecule has 202 valence electrons. The number of nitrogens with zero attached hydrogens (tertiary/aromatic N) is 2. The Labute approximate surface area is 233 Å². The van der Waals surface area contributed by atoms with Crippen molar-refractivity contribution in [1.82, 2.24) is 10.3 Å². The first kappa shape index (κ1) is 27.9. The van der Waals surface area contributed by atoms with Gasteiger partial charge in [0.25, 0.3) is 5.91 Å². The Bertz CT molecular complexity index is 1380. The Morgan fingerprint density at radius 1 is 1.00 bits per heavy atom. The number of benzene rings is 3. The van der Waals surface area contributed by atoms with Crippen LogP contribution in [0.1, 0.15) is 47.7 Å². The van der Waals surface area contributed by atoms with Crippen LogP contribution < -0.4 is 15.0 Å². The molecule has 0 fully saturated rings. The highest BCUT2D eigenvalue weighted by Crippen LogP contribution is 2.36. The van der Waals surface area contributed by atoms with Crippen LogP contribution in [0.25, 0.3) is 11.3 Å². The molecule has 0 spiro atoms. The third kappa shape index (κ3) is 7.45. The number of thiazole rings is 1. The molecule has 0 saturated heterocycles. The van der Waals surface area contributed by atoms with Crippen LogP contribution in [0.3, 0.4) is 0 Å². The summed E-state index contributed by atoms with van der Waals surface area (Å²) in [5, 5.41) is 14.3. The van der Waals surface area contributed by atoms with Crippen molar-refractivity contribution in [2.75, 3.05) is 18.6 Å². The SMILES string of the molecule is CCCCc1ccc(N(Cc2ccc(C(=O)NCCC(=O)O)cc2)c2nc(-c3ccccc3OC)cs2)cc1. The van der Waals surface area contributed by atoms with E-state index < -0.39 is 5.97 Å². The zero-order chi connectivity index (χ0) is 27.6. The smallest absolute Gasteiger partial charge is 0.305 e. The Morgan fingerprint density at radius 2 is 1.72 bits per heavy atom. The van der Waals surface area contributed by atoms with Gasteiger partial charge < -0.3 is 20.1 Å². The van der Waals surface area contributed by atoms with Crippen LogP contribution in [0.2, 0.25) is 0 Å². The number of anilines is 2. The molecule has 0 radical (unpaired) electrons. The number of carboxylic acids is 1. The lowest BCUT2D eigenvalue weighted by molar-refractivity contribution is -0.136. The molecule has 0 atom stereocenters. The summed E-state index contributed by atoms with van der Waals surface area (Å²) in [7, 11) is 1.66.